The number of imide groups is 1. The molecule has 2 heterocycles. The van der Waals surface area contributed by atoms with Gasteiger partial charge < -0.3 is 9.73 Å². The lowest BCUT2D eigenvalue weighted by atomic mass is 10.2. The van der Waals surface area contributed by atoms with E-state index >= 15 is 0 Å². The summed E-state index contributed by atoms with van der Waals surface area (Å²) in [5, 5.41) is 13.6. The summed E-state index contributed by atoms with van der Waals surface area (Å²) < 4.78 is 7.23. The van der Waals surface area contributed by atoms with Crippen LogP contribution in [0.2, 0.25) is 0 Å². The molecule has 3 amide bonds. The Morgan fingerprint density at radius 3 is 2.62 bits per heavy atom. The monoisotopic (exact) mass is 371 g/mol. The molecule has 0 spiro atoms. The van der Waals surface area contributed by atoms with Crippen molar-refractivity contribution in [3.63, 3.8) is 0 Å². The summed E-state index contributed by atoms with van der Waals surface area (Å²) in [4.78, 5) is 23.1. The summed E-state index contributed by atoms with van der Waals surface area (Å²) in [6.45, 7) is 1.85. The number of carbonyl (C=O) groups is 2. The molecule has 0 radical (unpaired) electrons. The molecule has 0 saturated heterocycles. The lowest BCUT2D eigenvalue weighted by Crippen LogP contribution is -2.38. The normalized spacial score (nSPS) is 10.5. The number of rotatable bonds is 5. The zero-order valence-corrected chi connectivity index (χ0v) is 15.0. The number of nitrogens with one attached hydrogen (secondary N) is 2. The van der Waals surface area contributed by atoms with Crippen LogP contribution in [0.4, 0.5) is 4.79 Å². The lowest BCUT2D eigenvalue weighted by Gasteiger charge is -2.09. The summed E-state index contributed by atoms with van der Waals surface area (Å²) in [7, 11) is 1.45. The molecule has 0 aliphatic rings. The molecule has 2 aromatic heterocycles. The van der Waals surface area contributed by atoms with Crippen LogP contribution >= 0.6 is 11.8 Å². The van der Waals surface area contributed by atoms with Crippen LogP contribution in [0, 0.1) is 6.92 Å². The van der Waals surface area contributed by atoms with Gasteiger partial charge in [0.2, 0.25) is 5.91 Å². The van der Waals surface area contributed by atoms with Gasteiger partial charge in [-0.1, -0.05) is 30.0 Å². The number of carbonyl (C=O) groups excluding carboxylic acids is 2. The summed E-state index contributed by atoms with van der Waals surface area (Å²) in [6, 6.07) is 10.9. The van der Waals surface area contributed by atoms with Gasteiger partial charge >= 0.3 is 6.03 Å². The Morgan fingerprint density at radius 2 is 1.96 bits per heavy atom. The van der Waals surface area contributed by atoms with E-state index in [0.29, 0.717) is 11.0 Å². The van der Waals surface area contributed by atoms with E-state index in [1.807, 2.05) is 47.9 Å². The fourth-order valence-electron chi connectivity index (χ4n) is 2.32. The number of urea groups is 1. The highest BCUT2D eigenvalue weighted by atomic mass is 32.2. The second kappa shape index (κ2) is 7.87. The van der Waals surface area contributed by atoms with Crippen molar-refractivity contribution in [1.29, 1.82) is 0 Å². The molecule has 26 heavy (non-hydrogen) atoms. The first-order valence-electron chi connectivity index (χ1n) is 7.80. The number of para-hydroxylation sites is 1. The predicted octanol–water partition coefficient (Wildman–Crippen LogP) is 2.38. The highest BCUT2D eigenvalue weighted by Gasteiger charge is 2.19. The summed E-state index contributed by atoms with van der Waals surface area (Å²) in [6.07, 6.45) is 1.60. The molecule has 0 saturated carbocycles. The van der Waals surface area contributed by atoms with Crippen molar-refractivity contribution >= 4 is 23.7 Å². The Labute approximate surface area is 154 Å². The number of benzene rings is 1. The molecule has 3 rings (SSSR count). The fraction of sp³-hybridized carbons (Fsp3) is 0.176. The summed E-state index contributed by atoms with van der Waals surface area (Å²) in [5.74, 6) is 0.959. The highest BCUT2D eigenvalue weighted by Crippen LogP contribution is 2.30. The Kier molecular flexibility index (Phi) is 5.37. The molecule has 1 aromatic carbocycles. The minimum Gasteiger partial charge on any atom is -0.469 e. The first kappa shape index (κ1) is 17.7. The van der Waals surface area contributed by atoms with Crippen molar-refractivity contribution in [2.45, 2.75) is 12.1 Å². The van der Waals surface area contributed by atoms with E-state index in [4.69, 9.17) is 4.42 Å². The maximum Gasteiger partial charge on any atom is 0.321 e. The average Bonchev–Trinajstić information content (AvgIpc) is 3.26. The van der Waals surface area contributed by atoms with E-state index in [2.05, 4.69) is 20.8 Å². The van der Waals surface area contributed by atoms with Crippen LogP contribution in [0.1, 0.15) is 5.76 Å². The van der Waals surface area contributed by atoms with Gasteiger partial charge in [-0.15, -0.1) is 10.2 Å². The van der Waals surface area contributed by atoms with Gasteiger partial charge in [0.25, 0.3) is 0 Å². The van der Waals surface area contributed by atoms with Gasteiger partial charge in [-0.25, -0.2) is 4.79 Å². The molecular formula is C17H17N5O3S. The third kappa shape index (κ3) is 3.77. The average molecular weight is 371 g/mol. The number of hydrogen-bond acceptors (Lipinski definition) is 6. The van der Waals surface area contributed by atoms with Crippen LogP contribution in [0.3, 0.4) is 0 Å². The molecule has 9 heteroatoms. The predicted molar refractivity (Wildman–Crippen MR) is 97.1 cm³/mol. The van der Waals surface area contributed by atoms with Crippen molar-refractivity contribution in [3.05, 3.63) is 48.4 Å². The van der Waals surface area contributed by atoms with Crippen molar-refractivity contribution in [2.75, 3.05) is 12.8 Å². The minimum absolute atomic E-state index is 0.0305. The topological polar surface area (TPSA) is 102 Å². The van der Waals surface area contributed by atoms with Gasteiger partial charge in [-0.05, 0) is 25.1 Å². The van der Waals surface area contributed by atoms with E-state index < -0.39 is 11.9 Å². The third-order valence-electron chi connectivity index (χ3n) is 3.56. The zero-order chi connectivity index (χ0) is 18.5. The summed E-state index contributed by atoms with van der Waals surface area (Å²) in [5.41, 5.74) is 1.69. The molecule has 3 aromatic rings. The Morgan fingerprint density at radius 1 is 1.19 bits per heavy atom. The van der Waals surface area contributed by atoms with E-state index in [-0.39, 0.29) is 5.75 Å². The molecule has 134 valence electrons. The maximum atomic E-state index is 11.9. The molecular weight excluding hydrogens is 354 g/mol. The second-order valence-electron chi connectivity index (χ2n) is 5.28. The van der Waals surface area contributed by atoms with Crippen molar-refractivity contribution in [2.24, 2.45) is 0 Å². The lowest BCUT2D eigenvalue weighted by molar-refractivity contribution is -0.117. The zero-order valence-electron chi connectivity index (χ0n) is 14.2. The fourth-order valence-corrected chi connectivity index (χ4v) is 3.07. The smallest absolute Gasteiger partial charge is 0.321 e. The molecule has 0 aliphatic carbocycles. The second-order valence-corrected chi connectivity index (χ2v) is 6.23. The van der Waals surface area contributed by atoms with Gasteiger partial charge in [-0.3, -0.25) is 14.7 Å². The van der Waals surface area contributed by atoms with Crippen LogP contribution in [0.5, 0.6) is 0 Å². The van der Waals surface area contributed by atoms with Crippen molar-refractivity contribution in [3.8, 4) is 17.1 Å². The Hall–Kier alpha value is -3.07. The number of nitrogens with zero attached hydrogens (tertiary/aromatic N) is 3. The molecule has 2 N–H and O–H groups in total. The van der Waals surface area contributed by atoms with Crippen LogP contribution < -0.4 is 10.6 Å². The van der Waals surface area contributed by atoms with E-state index in [1.54, 1.807) is 6.26 Å². The minimum atomic E-state index is -0.546. The highest BCUT2D eigenvalue weighted by molar-refractivity contribution is 7.99. The number of furan rings is 1. The summed E-state index contributed by atoms with van der Waals surface area (Å²) >= 11 is 1.19. The maximum absolute atomic E-state index is 11.9. The van der Waals surface area contributed by atoms with Gasteiger partial charge in [0.15, 0.2) is 11.0 Å². The number of amides is 3. The van der Waals surface area contributed by atoms with E-state index in [1.165, 1.54) is 18.8 Å². The van der Waals surface area contributed by atoms with Gasteiger partial charge in [0.1, 0.15) is 5.76 Å². The Balaban J connectivity index is 1.91. The molecule has 0 atom stereocenters. The van der Waals surface area contributed by atoms with Crippen LogP contribution in [0.25, 0.3) is 17.1 Å². The molecule has 0 unspecified atom stereocenters. The van der Waals surface area contributed by atoms with Crippen LogP contribution in [0.15, 0.2) is 52.2 Å². The number of aryl methyl sites for hydroxylation is 1. The van der Waals surface area contributed by atoms with Gasteiger partial charge in [0, 0.05) is 12.7 Å². The third-order valence-corrected chi connectivity index (χ3v) is 4.49. The first-order chi connectivity index (χ1) is 12.6. The van der Waals surface area contributed by atoms with Crippen LogP contribution in [-0.4, -0.2) is 39.5 Å². The van der Waals surface area contributed by atoms with Gasteiger partial charge in [0.05, 0.1) is 17.6 Å². The van der Waals surface area contributed by atoms with Crippen LogP contribution in [-0.2, 0) is 4.79 Å². The number of aromatic nitrogens is 3. The molecule has 0 aliphatic heterocycles. The Bertz CT molecular complexity index is 920. The molecule has 0 fully saturated rings. The SMILES string of the molecule is CNC(=O)NC(=O)CSc1nnc(-c2ccoc2C)n1-c1ccccc1. The molecule has 0 bridgehead atoms. The van der Waals surface area contributed by atoms with Crippen molar-refractivity contribution in [1.82, 2.24) is 25.4 Å². The van der Waals surface area contributed by atoms with Gasteiger partial charge in [-0.2, -0.15) is 0 Å². The van der Waals surface area contributed by atoms with E-state index in [0.717, 1.165) is 17.0 Å². The van der Waals surface area contributed by atoms with Crippen molar-refractivity contribution < 1.29 is 14.0 Å². The molecule has 8 nitrogen and oxygen atoms in total. The largest absolute Gasteiger partial charge is 0.469 e. The quantitative estimate of drug-likeness (QED) is 0.668. The standard InChI is InChI=1S/C17H17N5O3S/c1-11-13(8-9-25-11)15-20-21-17(22(15)12-6-4-3-5-7-12)26-10-14(23)19-16(24)18-2/h3-9H,10H2,1-2H3,(H2,18,19,23,24). The van der Waals surface area contributed by atoms with E-state index in [9.17, 15) is 9.59 Å². The number of thioether (sulfide) groups is 1. The first-order valence-corrected chi connectivity index (χ1v) is 8.78. The number of hydrogen-bond donors (Lipinski definition) is 2.